The number of methoxy groups -OCH3 is 1. The number of aromatic nitrogens is 5. The quantitative estimate of drug-likeness (QED) is 0.419. The van der Waals surface area contributed by atoms with E-state index in [0.29, 0.717) is 16.4 Å². The lowest BCUT2D eigenvalue weighted by atomic mass is 10.2. The van der Waals surface area contributed by atoms with Gasteiger partial charge in [0.25, 0.3) is 0 Å². The highest BCUT2D eigenvalue weighted by molar-refractivity contribution is 7.71. The molecule has 1 aromatic carbocycles. The Morgan fingerprint density at radius 1 is 1.25 bits per heavy atom. The Kier molecular flexibility index (Phi) is 5.04. The number of nitrogens with zero attached hydrogens (tertiary/aromatic N) is 3. The van der Waals surface area contributed by atoms with Gasteiger partial charge in [0.05, 0.1) is 17.7 Å². The molecule has 0 aliphatic heterocycles. The van der Waals surface area contributed by atoms with Crippen molar-refractivity contribution < 1.29 is 9.53 Å². The van der Waals surface area contributed by atoms with Crippen LogP contribution in [0.2, 0.25) is 0 Å². The van der Waals surface area contributed by atoms with Crippen LogP contribution in [0.4, 0.5) is 5.82 Å². The zero-order chi connectivity index (χ0) is 19.5. The zero-order valence-electron chi connectivity index (χ0n) is 14.8. The summed E-state index contributed by atoms with van der Waals surface area (Å²) in [4.78, 5) is 13.6. The van der Waals surface area contributed by atoms with Gasteiger partial charge in [-0.3, -0.25) is 19.6 Å². The third-order valence-corrected chi connectivity index (χ3v) is 5.26. The van der Waals surface area contributed by atoms with Gasteiger partial charge >= 0.3 is 0 Å². The molecular weight excluding hydrogens is 396 g/mol. The summed E-state index contributed by atoms with van der Waals surface area (Å²) in [6.45, 7) is 0.0118. The molecule has 28 heavy (non-hydrogen) atoms. The largest absolute Gasteiger partial charge is 0.497 e. The van der Waals surface area contributed by atoms with Crippen LogP contribution in [0.1, 0.15) is 0 Å². The number of ether oxygens (including phenoxy) is 1. The van der Waals surface area contributed by atoms with Gasteiger partial charge in [-0.05, 0) is 47.9 Å². The lowest BCUT2D eigenvalue weighted by molar-refractivity contribution is -0.116. The van der Waals surface area contributed by atoms with E-state index < -0.39 is 0 Å². The Hall–Kier alpha value is -3.24. The van der Waals surface area contributed by atoms with Crippen molar-refractivity contribution >= 4 is 35.3 Å². The van der Waals surface area contributed by atoms with Crippen molar-refractivity contribution in [2.45, 2.75) is 6.54 Å². The second-order valence-electron chi connectivity index (χ2n) is 5.86. The molecule has 0 atom stereocenters. The molecule has 3 heterocycles. The number of hydrogen-bond donors (Lipinski definition) is 3. The number of rotatable bonds is 6. The lowest BCUT2D eigenvalue weighted by Crippen LogP contribution is -2.19. The van der Waals surface area contributed by atoms with Crippen LogP contribution < -0.4 is 10.1 Å². The average Bonchev–Trinajstić information content (AvgIpc) is 3.44. The van der Waals surface area contributed by atoms with Crippen LogP contribution in [0, 0.1) is 4.77 Å². The van der Waals surface area contributed by atoms with E-state index in [1.54, 1.807) is 29.1 Å². The summed E-state index contributed by atoms with van der Waals surface area (Å²) >= 11 is 6.88. The van der Waals surface area contributed by atoms with E-state index in [9.17, 15) is 4.79 Å². The molecule has 0 aliphatic carbocycles. The molecule has 0 saturated heterocycles. The fraction of sp³-hybridized carbons (Fsp3) is 0.111. The first-order valence-corrected chi connectivity index (χ1v) is 9.61. The third-order valence-electron chi connectivity index (χ3n) is 4.04. The fourth-order valence-electron chi connectivity index (χ4n) is 2.69. The number of nitrogens with one attached hydrogen (secondary N) is 3. The summed E-state index contributed by atoms with van der Waals surface area (Å²) in [5.74, 6) is 1.51. The summed E-state index contributed by atoms with van der Waals surface area (Å²) < 4.78 is 7.17. The van der Waals surface area contributed by atoms with Crippen molar-refractivity contribution in [3.8, 4) is 27.7 Å². The molecule has 8 nitrogen and oxygen atoms in total. The number of amides is 1. The molecule has 0 spiro atoms. The SMILES string of the molecule is COc1ccc(-c2n[nH]c(=S)n2CC(=O)Nc2cc(-c3cccs3)[nH]n2)cc1. The molecular formula is C18H16N6O2S2. The molecule has 4 aromatic rings. The van der Waals surface area contributed by atoms with Crippen LogP contribution in [0.5, 0.6) is 5.75 Å². The van der Waals surface area contributed by atoms with Gasteiger partial charge in [0.1, 0.15) is 12.3 Å². The van der Waals surface area contributed by atoms with Gasteiger partial charge in [-0.15, -0.1) is 11.3 Å². The molecule has 1 amide bonds. The normalized spacial score (nSPS) is 10.8. The zero-order valence-corrected chi connectivity index (χ0v) is 16.4. The standard InChI is InChI=1S/C18H16N6O2S2/c1-26-12-6-4-11(5-7-12)17-22-23-18(27)24(17)10-16(25)19-15-9-13(20-21-15)14-3-2-8-28-14/h2-9H,10H2,1H3,(H,23,27)(H2,19,20,21,25). The predicted octanol–water partition coefficient (Wildman–Crippen LogP) is 3.71. The van der Waals surface area contributed by atoms with Crippen molar-refractivity contribution in [2.75, 3.05) is 12.4 Å². The molecule has 3 aromatic heterocycles. The van der Waals surface area contributed by atoms with Gasteiger partial charge in [-0.1, -0.05) is 6.07 Å². The number of carbonyl (C=O) groups excluding carboxylic acids is 1. The monoisotopic (exact) mass is 412 g/mol. The maximum Gasteiger partial charge on any atom is 0.245 e. The van der Waals surface area contributed by atoms with Crippen molar-refractivity contribution in [1.29, 1.82) is 0 Å². The van der Waals surface area contributed by atoms with Crippen LogP contribution in [0.15, 0.2) is 47.8 Å². The Morgan fingerprint density at radius 2 is 2.07 bits per heavy atom. The van der Waals surface area contributed by atoms with Crippen LogP contribution in [-0.2, 0) is 11.3 Å². The first-order chi connectivity index (χ1) is 13.6. The van der Waals surface area contributed by atoms with Gasteiger partial charge in [0.2, 0.25) is 5.91 Å². The fourth-order valence-corrected chi connectivity index (χ4v) is 3.58. The summed E-state index contributed by atoms with van der Waals surface area (Å²) in [6.07, 6.45) is 0. The van der Waals surface area contributed by atoms with Crippen molar-refractivity contribution in [3.05, 3.63) is 52.6 Å². The molecule has 3 N–H and O–H groups in total. The van der Waals surface area contributed by atoms with E-state index in [-0.39, 0.29) is 12.5 Å². The Balaban J connectivity index is 1.50. The first kappa shape index (κ1) is 18.1. The highest BCUT2D eigenvalue weighted by atomic mass is 32.1. The minimum absolute atomic E-state index is 0.0118. The second-order valence-corrected chi connectivity index (χ2v) is 7.19. The van der Waals surface area contributed by atoms with E-state index in [1.807, 2.05) is 41.8 Å². The highest BCUT2D eigenvalue weighted by Crippen LogP contribution is 2.24. The number of benzene rings is 1. The predicted molar refractivity (Wildman–Crippen MR) is 110 cm³/mol. The Morgan fingerprint density at radius 3 is 2.79 bits per heavy atom. The lowest BCUT2D eigenvalue weighted by Gasteiger charge is -2.07. The number of hydrogen-bond acceptors (Lipinski definition) is 6. The summed E-state index contributed by atoms with van der Waals surface area (Å²) in [6, 6.07) is 13.1. The summed E-state index contributed by atoms with van der Waals surface area (Å²) in [5, 5.41) is 18.8. The van der Waals surface area contributed by atoms with Crippen LogP contribution in [0.3, 0.4) is 0 Å². The topological polar surface area (TPSA) is 101 Å². The molecule has 4 rings (SSSR count). The minimum atomic E-state index is -0.253. The van der Waals surface area contributed by atoms with Gasteiger partial charge in [0.15, 0.2) is 16.4 Å². The molecule has 0 saturated carbocycles. The molecule has 0 radical (unpaired) electrons. The maximum absolute atomic E-state index is 12.5. The number of anilines is 1. The van der Waals surface area contributed by atoms with Gasteiger partial charge in [0, 0.05) is 11.6 Å². The van der Waals surface area contributed by atoms with Gasteiger partial charge in [-0.2, -0.15) is 10.2 Å². The maximum atomic E-state index is 12.5. The molecule has 0 aliphatic rings. The van der Waals surface area contributed by atoms with Crippen LogP contribution in [0.25, 0.3) is 22.0 Å². The first-order valence-electron chi connectivity index (χ1n) is 8.33. The van der Waals surface area contributed by atoms with E-state index in [2.05, 4.69) is 25.7 Å². The number of carbonyl (C=O) groups is 1. The van der Waals surface area contributed by atoms with Gasteiger partial charge < -0.3 is 10.1 Å². The second kappa shape index (κ2) is 7.79. The van der Waals surface area contributed by atoms with Crippen molar-refractivity contribution in [3.63, 3.8) is 0 Å². The highest BCUT2D eigenvalue weighted by Gasteiger charge is 2.14. The van der Waals surface area contributed by atoms with Crippen molar-refractivity contribution in [2.24, 2.45) is 0 Å². The number of aromatic amines is 2. The summed E-state index contributed by atoms with van der Waals surface area (Å²) in [7, 11) is 1.61. The summed E-state index contributed by atoms with van der Waals surface area (Å²) in [5.41, 5.74) is 1.67. The minimum Gasteiger partial charge on any atom is -0.497 e. The number of H-pyrrole nitrogens is 2. The molecule has 0 unspecified atom stereocenters. The Labute approximate surface area is 169 Å². The van der Waals surface area contributed by atoms with Crippen LogP contribution in [-0.4, -0.2) is 38.0 Å². The van der Waals surface area contributed by atoms with Gasteiger partial charge in [-0.25, -0.2) is 0 Å². The average molecular weight is 413 g/mol. The molecule has 10 heteroatoms. The van der Waals surface area contributed by atoms with E-state index in [0.717, 1.165) is 21.9 Å². The van der Waals surface area contributed by atoms with E-state index in [1.165, 1.54) is 0 Å². The molecule has 142 valence electrons. The van der Waals surface area contributed by atoms with E-state index >= 15 is 0 Å². The number of thiophene rings is 1. The van der Waals surface area contributed by atoms with Crippen LogP contribution >= 0.6 is 23.6 Å². The molecule has 0 bridgehead atoms. The Bertz CT molecular complexity index is 1140. The molecule has 0 fully saturated rings. The van der Waals surface area contributed by atoms with E-state index in [4.69, 9.17) is 17.0 Å². The smallest absolute Gasteiger partial charge is 0.245 e. The third kappa shape index (κ3) is 3.73. The van der Waals surface area contributed by atoms with Crippen molar-refractivity contribution in [1.82, 2.24) is 25.0 Å².